The van der Waals surface area contributed by atoms with E-state index in [9.17, 15) is 9.59 Å². The van der Waals surface area contributed by atoms with Gasteiger partial charge in [-0.25, -0.2) is 4.98 Å². The number of fused-ring (bicyclic) bond motifs is 1. The van der Waals surface area contributed by atoms with E-state index in [-0.39, 0.29) is 11.5 Å². The van der Waals surface area contributed by atoms with Crippen molar-refractivity contribution in [3.05, 3.63) is 64.1 Å². The first-order chi connectivity index (χ1) is 13.2. The fourth-order valence-electron chi connectivity index (χ4n) is 3.33. The van der Waals surface area contributed by atoms with E-state index in [1.165, 1.54) is 0 Å². The number of aromatic nitrogens is 5. The van der Waals surface area contributed by atoms with Gasteiger partial charge in [-0.05, 0) is 31.0 Å². The molecule has 1 amide bonds. The van der Waals surface area contributed by atoms with E-state index in [1.807, 2.05) is 6.92 Å². The van der Waals surface area contributed by atoms with Crippen molar-refractivity contribution in [3.8, 4) is 11.4 Å². The number of carbonyl (C=O) groups is 1. The zero-order valence-electron chi connectivity index (χ0n) is 15.1. The van der Waals surface area contributed by atoms with Crippen LogP contribution in [0.1, 0.15) is 35.1 Å². The summed E-state index contributed by atoms with van der Waals surface area (Å²) in [5.41, 5.74) is 2.51. The molecule has 0 spiro atoms. The van der Waals surface area contributed by atoms with Crippen LogP contribution in [0.4, 0.5) is 0 Å². The predicted octanol–water partition coefficient (Wildman–Crippen LogP) is 1.64. The third kappa shape index (κ3) is 3.25. The number of pyridine rings is 1. The van der Waals surface area contributed by atoms with Gasteiger partial charge in [-0.15, -0.1) is 0 Å². The lowest BCUT2D eigenvalue weighted by Crippen LogP contribution is -2.40. The molecule has 8 heteroatoms. The van der Waals surface area contributed by atoms with E-state index in [4.69, 9.17) is 0 Å². The van der Waals surface area contributed by atoms with Crippen LogP contribution < -0.4 is 5.56 Å². The molecule has 4 rings (SSSR count). The van der Waals surface area contributed by atoms with Crippen LogP contribution in [0.25, 0.3) is 11.4 Å². The number of rotatable bonds is 4. The average molecular weight is 364 g/mol. The number of carbonyl (C=O) groups excluding carboxylic acids is 1. The zero-order valence-corrected chi connectivity index (χ0v) is 15.1. The van der Waals surface area contributed by atoms with Gasteiger partial charge in [0.05, 0.1) is 12.2 Å². The fourth-order valence-corrected chi connectivity index (χ4v) is 3.33. The van der Waals surface area contributed by atoms with Crippen molar-refractivity contribution in [2.45, 2.75) is 32.9 Å². The van der Waals surface area contributed by atoms with Gasteiger partial charge in [-0.3, -0.25) is 19.3 Å². The fraction of sp³-hybridized carbons (Fsp3) is 0.316. The summed E-state index contributed by atoms with van der Waals surface area (Å²) in [7, 11) is 0. The van der Waals surface area contributed by atoms with Gasteiger partial charge in [0, 0.05) is 42.8 Å². The van der Waals surface area contributed by atoms with Gasteiger partial charge in [-0.1, -0.05) is 6.92 Å². The van der Waals surface area contributed by atoms with Gasteiger partial charge in [0.1, 0.15) is 11.5 Å². The number of amides is 1. The van der Waals surface area contributed by atoms with Crippen molar-refractivity contribution in [3.63, 3.8) is 0 Å². The highest BCUT2D eigenvalue weighted by Gasteiger charge is 2.27. The maximum atomic E-state index is 12.9. The van der Waals surface area contributed by atoms with Gasteiger partial charge in [0.2, 0.25) is 0 Å². The molecule has 3 aromatic rings. The maximum Gasteiger partial charge on any atom is 0.272 e. The standard InChI is InChI=1S/C19H20N6O2/c1-2-10-25-16(5-9-21-25)19(27)24-11-6-14-15(12-24)22-17(23-18(14)26)13-3-7-20-8-4-13/h3-5,7-9H,2,6,10-12H2,1H3,(H,22,23,26). The van der Waals surface area contributed by atoms with Gasteiger partial charge < -0.3 is 9.88 Å². The molecule has 0 saturated carbocycles. The number of aryl methyl sites for hydroxylation is 1. The number of nitrogens with zero attached hydrogens (tertiary/aromatic N) is 5. The number of hydrogen-bond donors (Lipinski definition) is 1. The first kappa shape index (κ1) is 17.1. The minimum atomic E-state index is -0.144. The summed E-state index contributed by atoms with van der Waals surface area (Å²) in [6, 6.07) is 5.32. The van der Waals surface area contributed by atoms with Crippen LogP contribution >= 0.6 is 0 Å². The smallest absolute Gasteiger partial charge is 0.272 e. The second-order valence-corrected chi connectivity index (χ2v) is 6.49. The largest absolute Gasteiger partial charge is 0.331 e. The van der Waals surface area contributed by atoms with Gasteiger partial charge >= 0.3 is 0 Å². The summed E-state index contributed by atoms with van der Waals surface area (Å²) < 4.78 is 1.73. The number of H-pyrrole nitrogens is 1. The summed E-state index contributed by atoms with van der Waals surface area (Å²) >= 11 is 0. The molecule has 27 heavy (non-hydrogen) atoms. The van der Waals surface area contributed by atoms with Crippen LogP contribution in [0.2, 0.25) is 0 Å². The van der Waals surface area contributed by atoms with Gasteiger partial charge in [0.25, 0.3) is 11.5 Å². The van der Waals surface area contributed by atoms with Crippen LogP contribution in [-0.4, -0.2) is 42.1 Å². The highest BCUT2D eigenvalue weighted by Crippen LogP contribution is 2.20. The van der Waals surface area contributed by atoms with Crippen LogP contribution in [0, 0.1) is 0 Å². The second kappa shape index (κ2) is 7.14. The molecule has 3 aromatic heterocycles. The van der Waals surface area contributed by atoms with E-state index in [1.54, 1.807) is 46.4 Å². The lowest BCUT2D eigenvalue weighted by Gasteiger charge is -2.28. The molecule has 138 valence electrons. The van der Waals surface area contributed by atoms with E-state index in [0.717, 1.165) is 12.0 Å². The summed E-state index contributed by atoms with van der Waals surface area (Å²) in [6.45, 7) is 3.54. The first-order valence-electron chi connectivity index (χ1n) is 9.01. The minimum Gasteiger partial charge on any atom is -0.331 e. The summed E-state index contributed by atoms with van der Waals surface area (Å²) in [5.74, 6) is 0.408. The highest BCUT2D eigenvalue weighted by molar-refractivity contribution is 5.92. The highest BCUT2D eigenvalue weighted by atomic mass is 16.2. The normalized spacial score (nSPS) is 13.4. The Kier molecular flexibility index (Phi) is 4.53. The lowest BCUT2D eigenvalue weighted by molar-refractivity contribution is 0.0718. The van der Waals surface area contributed by atoms with E-state index in [0.29, 0.717) is 48.8 Å². The molecule has 0 aliphatic carbocycles. The molecule has 1 aliphatic rings. The topological polar surface area (TPSA) is 96.8 Å². The van der Waals surface area contributed by atoms with E-state index in [2.05, 4.69) is 20.1 Å². The van der Waals surface area contributed by atoms with Crippen LogP contribution in [0.5, 0.6) is 0 Å². The molecule has 0 atom stereocenters. The molecule has 0 radical (unpaired) electrons. The summed E-state index contributed by atoms with van der Waals surface area (Å²) in [6.07, 6.45) is 6.34. The molecule has 0 unspecified atom stereocenters. The molecular formula is C19H20N6O2. The number of nitrogens with one attached hydrogen (secondary N) is 1. The average Bonchev–Trinajstić information content (AvgIpc) is 3.16. The molecule has 0 aromatic carbocycles. The second-order valence-electron chi connectivity index (χ2n) is 6.49. The molecule has 0 fully saturated rings. The Morgan fingerprint density at radius 2 is 2.04 bits per heavy atom. The molecule has 0 saturated heterocycles. The number of hydrogen-bond acceptors (Lipinski definition) is 5. The van der Waals surface area contributed by atoms with E-state index >= 15 is 0 Å². The van der Waals surface area contributed by atoms with Crippen molar-refractivity contribution in [1.82, 2.24) is 29.6 Å². The quantitative estimate of drug-likeness (QED) is 0.759. The molecule has 8 nitrogen and oxygen atoms in total. The Hall–Kier alpha value is -3.29. The summed E-state index contributed by atoms with van der Waals surface area (Å²) in [4.78, 5) is 38.6. The number of aromatic amines is 1. The molecule has 1 aliphatic heterocycles. The van der Waals surface area contributed by atoms with Crippen LogP contribution in [0.15, 0.2) is 41.6 Å². The third-order valence-electron chi connectivity index (χ3n) is 4.69. The summed E-state index contributed by atoms with van der Waals surface area (Å²) in [5, 5.41) is 4.23. The van der Waals surface area contributed by atoms with Gasteiger partial charge in [-0.2, -0.15) is 5.10 Å². The minimum absolute atomic E-state index is 0.0841. The van der Waals surface area contributed by atoms with Crippen molar-refractivity contribution in [1.29, 1.82) is 0 Å². The maximum absolute atomic E-state index is 12.9. The van der Waals surface area contributed by atoms with Gasteiger partial charge in [0.15, 0.2) is 0 Å². The monoisotopic (exact) mass is 364 g/mol. The Morgan fingerprint density at radius 1 is 1.22 bits per heavy atom. The van der Waals surface area contributed by atoms with Crippen LogP contribution in [0.3, 0.4) is 0 Å². The Bertz CT molecular complexity index is 1020. The van der Waals surface area contributed by atoms with Crippen molar-refractivity contribution >= 4 is 5.91 Å². The zero-order chi connectivity index (χ0) is 18.8. The van der Waals surface area contributed by atoms with E-state index < -0.39 is 0 Å². The van der Waals surface area contributed by atoms with Crippen LogP contribution in [-0.2, 0) is 19.5 Å². The Morgan fingerprint density at radius 3 is 2.81 bits per heavy atom. The van der Waals surface area contributed by atoms with Crippen molar-refractivity contribution < 1.29 is 4.79 Å². The molecule has 4 heterocycles. The molecule has 1 N–H and O–H groups in total. The third-order valence-corrected chi connectivity index (χ3v) is 4.69. The van der Waals surface area contributed by atoms with Crippen molar-refractivity contribution in [2.24, 2.45) is 0 Å². The predicted molar refractivity (Wildman–Crippen MR) is 99.1 cm³/mol. The first-order valence-corrected chi connectivity index (χ1v) is 9.01. The Balaban J connectivity index is 1.64. The SMILES string of the molecule is CCCn1nccc1C(=O)N1CCc2c(nc(-c3ccncc3)[nH]c2=O)C1. The molecule has 0 bridgehead atoms. The lowest BCUT2D eigenvalue weighted by atomic mass is 10.1. The van der Waals surface area contributed by atoms with Crippen molar-refractivity contribution in [2.75, 3.05) is 6.54 Å². The Labute approximate surface area is 155 Å². The molecular weight excluding hydrogens is 344 g/mol.